The maximum Gasteiger partial charge on any atom is 0.0466 e. The van der Waals surface area contributed by atoms with E-state index in [2.05, 4.69) is 33.4 Å². The van der Waals surface area contributed by atoms with Crippen LogP contribution in [0.1, 0.15) is 59.3 Å². The zero-order valence-corrected chi connectivity index (χ0v) is 11.1. The molecule has 0 aromatic heterocycles. The summed E-state index contributed by atoms with van der Waals surface area (Å²) in [5, 5.41) is 0. The molecule has 0 saturated carbocycles. The van der Waals surface area contributed by atoms with Gasteiger partial charge in [-0.25, -0.2) is 0 Å². The minimum atomic E-state index is 0.918. The molecule has 0 unspecified atom stereocenters. The molecule has 0 radical (unpaired) electrons. The van der Waals surface area contributed by atoms with Gasteiger partial charge < -0.3 is 4.74 Å². The first-order valence-corrected chi connectivity index (χ1v) is 6.65. The molecule has 0 bridgehead atoms. The van der Waals surface area contributed by atoms with E-state index in [-0.39, 0.29) is 0 Å². The summed E-state index contributed by atoms with van der Waals surface area (Å²) < 4.78 is 5.30. The van der Waals surface area contributed by atoms with Gasteiger partial charge in [-0.05, 0) is 25.0 Å². The average molecular weight is 220 g/mol. The van der Waals surface area contributed by atoms with Gasteiger partial charge in [-0.1, -0.05) is 40.0 Å². The molecule has 0 atom stereocenters. The molecule has 0 aromatic rings. The number of thiol groups is 1. The molecule has 0 heterocycles. The van der Waals surface area contributed by atoms with Crippen molar-refractivity contribution in [3.8, 4) is 0 Å². The van der Waals surface area contributed by atoms with Crippen LogP contribution in [0.25, 0.3) is 0 Å². The van der Waals surface area contributed by atoms with Gasteiger partial charge >= 0.3 is 0 Å². The van der Waals surface area contributed by atoms with Gasteiger partial charge in [-0.15, -0.1) is 0 Å². The van der Waals surface area contributed by atoms with Crippen molar-refractivity contribution < 1.29 is 4.74 Å². The first-order valence-electron chi connectivity index (χ1n) is 6.01. The summed E-state index contributed by atoms with van der Waals surface area (Å²) in [4.78, 5) is 0. The number of hydrogen-bond donors (Lipinski definition) is 1. The molecular formula is C12H28OS. The summed E-state index contributed by atoms with van der Waals surface area (Å²) >= 11 is 4.12. The topological polar surface area (TPSA) is 9.23 Å². The predicted molar refractivity (Wildman–Crippen MR) is 69.4 cm³/mol. The largest absolute Gasteiger partial charge is 0.381 e. The maximum absolute atomic E-state index is 5.30. The Balaban J connectivity index is 0. The van der Waals surface area contributed by atoms with Crippen molar-refractivity contribution in [1.82, 2.24) is 0 Å². The molecule has 1 nitrogen and oxygen atoms in total. The van der Waals surface area contributed by atoms with E-state index in [0.717, 1.165) is 25.4 Å². The van der Waals surface area contributed by atoms with Crippen molar-refractivity contribution >= 4 is 12.6 Å². The summed E-state index contributed by atoms with van der Waals surface area (Å²) in [6.07, 6.45) is 7.44. The molecule has 0 aliphatic carbocycles. The lowest BCUT2D eigenvalue weighted by molar-refractivity contribution is 0.131. The third kappa shape index (κ3) is 22.8. The van der Waals surface area contributed by atoms with Gasteiger partial charge in [0.2, 0.25) is 0 Å². The SMILES string of the molecule is CCCC.CCCOCCCCCS. The van der Waals surface area contributed by atoms with Crippen LogP contribution >= 0.6 is 12.6 Å². The van der Waals surface area contributed by atoms with E-state index in [4.69, 9.17) is 4.74 Å². The monoisotopic (exact) mass is 220 g/mol. The third-order valence-electron chi connectivity index (χ3n) is 1.80. The fourth-order valence-electron chi connectivity index (χ4n) is 0.739. The first kappa shape index (κ1) is 16.7. The fourth-order valence-corrected chi connectivity index (χ4v) is 0.963. The van der Waals surface area contributed by atoms with Crippen molar-refractivity contribution in [1.29, 1.82) is 0 Å². The zero-order valence-electron chi connectivity index (χ0n) is 10.2. The minimum Gasteiger partial charge on any atom is -0.381 e. The first-order chi connectivity index (χ1) is 6.83. The highest BCUT2D eigenvalue weighted by molar-refractivity contribution is 7.80. The van der Waals surface area contributed by atoms with Crippen LogP contribution in [0.5, 0.6) is 0 Å². The second kappa shape index (κ2) is 19.0. The summed E-state index contributed by atoms with van der Waals surface area (Å²) in [6, 6.07) is 0. The molecular weight excluding hydrogens is 192 g/mol. The lowest BCUT2D eigenvalue weighted by Gasteiger charge is -2.00. The summed E-state index contributed by atoms with van der Waals surface area (Å²) in [7, 11) is 0. The van der Waals surface area contributed by atoms with Crippen LogP contribution in [-0.2, 0) is 4.74 Å². The summed E-state index contributed by atoms with van der Waals surface area (Å²) in [5.41, 5.74) is 0. The van der Waals surface area contributed by atoms with Crippen molar-refractivity contribution in [3.63, 3.8) is 0 Å². The van der Waals surface area contributed by atoms with E-state index in [0.29, 0.717) is 0 Å². The molecule has 0 N–H and O–H groups in total. The Hall–Kier alpha value is 0.310. The quantitative estimate of drug-likeness (QED) is 0.473. The van der Waals surface area contributed by atoms with Gasteiger partial charge in [-0.3, -0.25) is 0 Å². The molecule has 0 aliphatic heterocycles. The number of ether oxygens (including phenoxy) is 1. The smallest absolute Gasteiger partial charge is 0.0466 e. The van der Waals surface area contributed by atoms with E-state index >= 15 is 0 Å². The van der Waals surface area contributed by atoms with Crippen LogP contribution in [0.2, 0.25) is 0 Å². The lowest BCUT2D eigenvalue weighted by atomic mass is 10.3. The van der Waals surface area contributed by atoms with E-state index in [1.807, 2.05) is 0 Å². The van der Waals surface area contributed by atoms with Gasteiger partial charge in [-0.2, -0.15) is 12.6 Å². The Labute approximate surface area is 96.0 Å². The minimum absolute atomic E-state index is 0.918. The van der Waals surface area contributed by atoms with Crippen molar-refractivity contribution in [2.45, 2.75) is 59.3 Å². The van der Waals surface area contributed by atoms with E-state index in [9.17, 15) is 0 Å². The van der Waals surface area contributed by atoms with Crippen LogP contribution in [0.3, 0.4) is 0 Å². The Morgan fingerprint density at radius 2 is 1.43 bits per heavy atom. The standard InChI is InChI=1S/C8H18OS.C4H10/c1-2-6-9-7-4-3-5-8-10;1-3-4-2/h10H,2-8H2,1H3;3-4H2,1-2H3. The number of unbranched alkanes of at least 4 members (excludes halogenated alkanes) is 3. The summed E-state index contributed by atoms with van der Waals surface area (Å²) in [6.45, 7) is 8.34. The molecule has 88 valence electrons. The fraction of sp³-hybridized carbons (Fsp3) is 1.00. The molecule has 0 rings (SSSR count). The summed E-state index contributed by atoms with van der Waals surface area (Å²) in [5.74, 6) is 1.01. The molecule has 0 spiro atoms. The molecule has 0 aliphatic rings. The van der Waals surface area contributed by atoms with Gasteiger partial charge in [0.25, 0.3) is 0 Å². The Morgan fingerprint density at radius 1 is 0.786 bits per heavy atom. The van der Waals surface area contributed by atoms with Gasteiger partial charge in [0.15, 0.2) is 0 Å². The Morgan fingerprint density at radius 3 is 1.86 bits per heavy atom. The van der Waals surface area contributed by atoms with Crippen LogP contribution in [0.4, 0.5) is 0 Å². The average Bonchev–Trinajstić information content (AvgIpc) is 2.24. The van der Waals surface area contributed by atoms with Crippen LogP contribution in [-0.4, -0.2) is 19.0 Å². The predicted octanol–water partition coefficient (Wildman–Crippen LogP) is 4.32. The Bertz CT molecular complexity index is 66.7. The molecule has 2 heteroatoms. The van der Waals surface area contributed by atoms with Crippen molar-refractivity contribution in [2.75, 3.05) is 19.0 Å². The van der Waals surface area contributed by atoms with Crippen LogP contribution < -0.4 is 0 Å². The molecule has 14 heavy (non-hydrogen) atoms. The maximum atomic E-state index is 5.30. The highest BCUT2D eigenvalue weighted by Crippen LogP contribution is 1.97. The highest BCUT2D eigenvalue weighted by atomic mass is 32.1. The molecule has 0 saturated heterocycles. The lowest BCUT2D eigenvalue weighted by Crippen LogP contribution is -1.95. The highest BCUT2D eigenvalue weighted by Gasteiger charge is 1.87. The zero-order chi connectivity index (χ0) is 11.1. The van der Waals surface area contributed by atoms with E-state index in [1.54, 1.807) is 0 Å². The Kier molecular flexibility index (Phi) is 22.7. The second-order valence-electron chi connectivity index (χ2n) is 3.40. The number of hydrogen-bond acceptors (Lipinski definition) is 2. The third-order valence-corrected chi connectivity index (χ3v) is 2.11. The molecule has 0 fully saturated rings. The van der Waals surface area contributed by atoms with Crippen LogP contribution in [0, 0.1) is 0 Å². The number of rotatable bonds is 8. The van der Waals surface area contributed by atoms with Gasteiger partial charge in [0.05, 0.1) is 0 Å². The van der Waals surface area contributed by atoms with Crippen molar-refractivity contribution in [3.05, 3.63) is 0 Å². The second-order valence-corrected chi connectivity index (χ2v) is 3.84. The van der Waals surface area contributed by atoms with Gasteiger partial charge in [0.1, 0.15) is 0 Å². The normalized spacial score (nSPS) is 9.43. The van der Waals surface area contributed by atoms with E-state index < -0.39 is 0 Å². The molecule has 0 amide bonds. The van der Waals surface area contributed by atoms with E-state index in [1.165, 1.54) is 32.1 Å². The van der Waals surface area contributed by atoms with Gasteiger partial charge in [0, 0.05) is 13.2 Å². The van der Waals surface area contributed by atoms with Crippen molar-refractivity contribution in [2.24, 2.45) is 0 Å². The van der Waals surface area contributed by atoms with Crippen LogP contribution in [0.15, 0.2) is 0 Å². The molecule has 0 aromatic carbocycles.